The molecule has 8 nitrogen and oxygen atoms in total. The number of carboxylic acid groups (broad SMARTS) is 2. The van der Waals surface area contributed by atoms with Crippen molar-refractivity contribution in [3.8, 4) is 0 Å². The van der Waals surface area contributed by atoms with Gasteiger partial charge >= 0.3 is 11.9 Å². The SMILES string of the molecule is Cc1cc(C2=NOC(C)(c3cc(Cl)cc(Cl)c3)C2)cc(I)c1C(=O)O.Cc1cc(C2=NOC(C)(c3cc(Cl)cc(Cl)c3)C2)ccc1C(=O)O. The predicted molar refractivity (Wildman–Crippen MR) is 201 cm³/mol. The van der Waals surface area contributed by atoms with E-state index >= 15 is 0 Å². The molecule has 0 aromatic heterocycles. The van der Waals surface area contributed by atoms with Gasteiger partial charge in [0, 0.05) is 53.2 Å². The lowest BCUT2D eigenvalue weighted by molar-refractivity contribution is -0.00755. The van der Waals surface area contributed by atoms with Crippen LogP contribution in [0.15, 0.2) is 77.0 Å². The molecule has 0 saturated carbocycles. The van der Waals surface area contributed by atoms with Gasteiger partial charge in [-0.25, -0.2) is 9.59 Å². The molecule has 6 rings (SSSR count). The second-order valence-electron chi connectivity index (χ2n) is 12.2. The van der Waals surface area contributed by atoms with E-state index in [1.54, 1.807) is 38.1 Å². The molecule has 2 aliphatic rings. The lowest BCUT2D eigenvalue weighted by Gasteiger charge is -2.22. The Morgan fingerprint density at radius 3 is 1.53 bits per heavy atom. The molecule has 0 bridgehead atoms. The van der Waals surface area contributed by atoms with Crippen LogP contribution in [0.25, 0.3) is 0 Å². The maximum absolute atomic E-state index is 11.3. The van der Waals surface area contributed by atoms with E-state index in [-0.39, 0.29) is 5.56 Å². The standard InChI is InChI=1S/C18H14Cl2INO3.C18H15Cl2NO3/c1-9-3-10(4-14(21)16(9)17(23)24)15-8-18(2,25-22-15)11-5-12(19)7-13(20)6-11;1-10-5-11(3-4-15(10)17(22)23)16-9-18(2,24-21-16)12-6-13(19)8-14(20)7-12/h3-7H,8H2,1-2H3,(H,23,24);3-8H,9H2,1-2H3,(H,22,23). The number of carbonyl (C=O) groups is 2. The van der Waals surface area contributed by atoms with E-state index in [1.165, 1.54) is 0 Å². The van der Waals surface area contributed by atoms with Gasteiger partial charge in [0.1, 0.15) is 0 Å². The van der Waals surface area contributed by atoms with E-state index in [9.17, 15) is 14.7 Å². The number of halogens is 5. The Morgan fingerprint density at radius 2 is 1.12 bits per heavy atom. The number of hydrogen-bond donors (Lipinski definition) is 2. The highest BCUT2D eigenvalue weighted by atomic mass is 127. The lowest BCUT2D eigenvalue weighted by atomic mass is 9.88. The smallest absolute Gasteiger partial charge is 0.337 e. The summed E-state index contributed by atoms with van der Waals surface area (Å²) in [5, 5.41) is 29.0. The number of benzene rings is 4. The first-order valence-corrected chi connectivity index (χ1v) is 17.4. The molecule has 2 aliphatic heterocycles. The zero-order valence-corrected chi connectivity index (χ0v) is 31.8. The van der Waals surface area contributed by atoms with Crippen LogP contribution in [0.3, 0.4) is 0 Å². The molecule has 2 heterocycles. The van der Waals surface area contributed by atoms with Gasteiger partial charge in [-0.15, -0.1) is 0 Å². The Morgan fingerprint density at radius 1 is 0.673 bits per heavy atom. The molecule has 0 saturated heterocycles. The van der Waals surface area contributed by atoms with E-state index in [4.69, 9.17) is 61.2 Å². The highest BCUT2D eigenvalue weighted by molar-refractivity contribution is 14.1. The van der Waals surface area contributed by atoms with Crippen molar-refractivity contribution in [2.75, 3.05) is 0 Å². The van der Waals surface area contributed by atoms with E-state index in [2.05, 4.69) is 10.3 Å². The minimum atomic E-state index is -0.943. The Hall–Kier alpha value is -3.35. The van der Waals surface area contributed by atoms with Crippen molar-refractivity contribution in [2.24, 2.45) is 10.3 Å². The first-order chi connectivity index (χ1) is 23.0. The summed E-state index contributed by atoms with van der Waals surface area (Å²) in [6, 6.07) is 19.4. The molecule has 0 amide bonds. The molecule has 2 atom stereocenters. The van der Waals surface area contributed by atoms with Gasteiger partial charge in [0.2, 0.25) is 0 Å². The fraction of sp³-hybridized carbons (Fsp3) is 0.222. The summed E-state index contributed by atoms with van der Waals surface area (Å²) < 4.78 is 0.669. The summed E-state index contributed by atoms with van der Waals surface area (Å²) in [5.74, 6) is -1.88. The van der Waals surface area contributed by atoms with Crippen LogP contribution in [0, 0.1) is 17.4 Å². The maximum Gasteiger partial charge on any atom is 0.337 e. The van der Waals surface area contributed by atoms with Crippen LogP contribution in [0.1, 0.15) is 80.8 Å². The molecule has 13 heteroatoms. The molecule has 4 aromatic carbocycles. The number of oxime groups is 2. The van der Waals surface area contributed by atoms with Gasteiger partial charge in [0.25, 0.3) is 0 Å². The number of nitrogens with zero attached hydrogens (tertiary/aromatic N) is 2. The van der Waals surface area contributed by atoms with Crippen molar-refractivity contribution < 1.29 is 29.5 Å². The van der Waals surface area contributed by atoms with E-state index < -0.39 is 23.1 Å². The molecular formula is C36H29Cl4IN2O6. The van der Waals surface area contributed by atoms with Gasteiger partial charge < -0.3 is 19.9 Å². The first kappa shape index (κ1) is 36.9. The summed E-state index contributed by atoms with van der Waals surface area (Å²) in [6.45, 7) is 7.39. The van der Waals surface area contributed by atoms with Crippen molar-refractivity contribution >= 4 is 92.4 Å². The number of rotatable bonds is 6. The average Bonchev–Trinajstić information content (AvgIpc) is 3.60. The van der Waals surface area contributed by atoms with Crippen LogP contribution in [-0.2, 0) is 20.9 Å². The Labute approximate surface area is 316 Å². The normalized spacial score (nSPS) is 19.6. The highest BCUT2D eigenvalue weighted by Gasteiger charge is 2.38. The van der Waals surface area contributed by atoms with Crippen molar-refractivity contribution in [3.63, 3.8) is 0 Å². The van der Waals surface area contributed by atoms with Crippen LogP contribution < -0.4 is 0 Å². The van der Waals surface area contributed by atoms with Crippen LogP contribution in [0.2, 0.25) is 20.1 Å². The van der Waals surface area contributed by atoms with E-state index in [0.29, 0.717) is 53.2 Å². The van der Waals surface area contributed by atoms with Crippen molar-refractivity contribution in [3.05, 3.63) is 135 Å². The third-order valence-electron chi connectivity index (χ3n) is 8.30. The molecule has 0 fully saturated rings. The number of carboxylic acids is 2. The molecule has 4 aromatic rings. The third-order valence-corrected chi connectivity index (χ3v) is 10.0. The van der Waals surface area contributed by atoms with Gasteiger partial charge in [0.15, 0.2) is 11.2 Å². The molecule has 254 valence electrons. The minimum Gasteiger partial charge on any atom is -0.478 e. The summed E-state index contributed by atoms with van der Waals surface area (Å²) in [7, 11) is 0. The summed E-state index contributed by atoms with van der Waals surface area (Å²) in [4.78, 5) is 33.9. The van der Waals surface area contributed by atoms with Gasteiger partial charge in [-0.05, 0) is 128 Å². The fourth-order valence-electron chi connectivity index (χ4n) is 5.68. The topological polar surface area (TPSA) is 118 Å². The molecular weight excluding hydrogens is 825 g/mol. The molecule has 2 N–H and O–H groups in total. The Kier molecular flexibility index (Phi) is 10.9. The maximum atomic E-state index is 11.3. The van der Waals surface area contributed by atoms with Crippen molar-refractivity contribution in [1.29, 1.82) is 0 Å². The number of hydrogen-bond acceptors (Lipinski definition) is 6. The summed E-state index contributed by atoms with van der Waals surface area (Å²) >= 11 is 26.4. The zero-order chi connectivity index (χ0) is 35.8. The van der Waals surface area contributed by atoms with E-state index in [1.807, 2.05) is 78.9 Å². The predicted octanol–water partition coefficient (Wildman–Crippen LogP) is 10.7. The fourth-order valence-corrected chi connectivity index (χ4v) is 7.73. The monoisotopic (exact) mass is 852 g/mol. The molecule has 0 radical (unpaired) electrons. The first-order valence-electron chi connectivity index (χ1n) is 14.8. The van der Waals surface area contributed by atoms with Gasteiger partial charge in [-0.2, -0.15) is 0 Å². The average molecular weight is 854 g/mol. The van der Waals surface area contributed by atoms with Gasteiger partial charge in [-0.3, -0.25) is 0 Å². The largest absolute Gasteiger partial charge is 0.478 e. The Balaban J connectivity index is 0.000000191. The van der Waals surface area contributed by atoms with Gasteiger partial charge in [0.05, 0.1) is 22.6 Å². The van der Waals surface area contributed by atoms with Crippen LogP contribution in [0.5, 0.6) is 0 Å². The van der Waals surface area contributed by atoms with Crippen LogP contribution in [-0.4, -0.2) is 33.6 Å². The van der Waals surface area contributed by atoms with Crippen molar-refractivity contribution in [1.82, 2.24) is 0 Å². The number of aromatic carboxylic acids is 2. The summed E-state index contributed by atoms with van der Waals surface area (Å²) in [5.41, 5.74) is 5.53. The van der Waals surface area contributed by atoms with Crippen LogP contribution in [0.4, 0.5) is 0 Å². The zero-order valence-electron chi connectivity index (χ0n) is 26.6. The molecule has 0 spiro atoms. The molecule has 49 heavy (non-hydrogen) atoms. The second kappa shape index (κ2) is 14.5. The lowest BCUT2D eigenvalue weighted by Crippen LogP contribution is -2.22. The summed E-state index contributed by atoms with van der Waals surface area (Å²) in [6.07, 6.45) is 1.07. The van der Waals surface area contributed by atoms with Crippen molar-refractivity contribution in [2.45, 2.75) is 51.7 Å². The van der Waals surface area contributed by atoms with E-state index in [0.717, 1.165) is 33.7 Å². The molecule has 2 unspecified atom stereocenters. The minimum absolute atomic E-state index is 0.280. The second-order valence-corrected chi connectivity index (χ2v) is 15.1. The van der Waals surface area contributed by atoms with Crippen LogP contribution >= 0.6 is 69.0 Å². The molecule has 0 aliphatic carbocycles. The number of aryl methyl sites for hydroxylation is 2. The quantitative estimate of drug-likeness (QED) is 0.187. The third kappa shape index (κ3) is 8.18. The van der Waals surface area contributed by atoms with Gasteiger partial charge in [-0.1, -0.05) is 62.8 Å². The highest BCUT2D eigenvalue weighted by Crippen LogP contribution is 2.40. The Bertz CT molecular complexity index is 2010.